The predicted molar refractivity (Wildman–Crippen MR) is 105 cm³/mol. The number of nitrogens with one attached hydrogen (secondary N) is 1. The molecular weight excluding hydrogens is 324 g/mol. The Morgan fingerprint density at radius 1 is 1.08 bits per heavy atom. The zero-order valence-corrected chi connectivity index (χ0v) is 15.7. The number of carbonyl (C=O) groups is 2. The lowest BCUT2D eigenvalue weighted by Gasteiger charge is -2.26. The maximum atomic E-state index is 12.6. The second-order valence-electron chi connectivity index (χ2n) is 7.83. The van der Waals surface area contributed by atoms with Crippen LogP contribution in [0.15, 0.2) is 48.5 Å². The summed E-state index contributed by atoms with van der Waals surface area (Å²) in [5.74, 6) is 0.144. The van der Waals surface area contributed by atoms with Gasteiger partial charge in [0.2, 0.25) is 11.8 Å². The van der Waals surface area contributed by atoms with Gasteiger partial charge in [0.25, 0.3) is 0 Å². The first kappa shape index (κ1) is 18.2. The summed E-state index contributed by atoms with van der Waals surface area (Å²) >= 11 is 0. The van der Waals surface area contributed by atoms with E-state index in [1.165, 1.54) is 0 Å². The molecule has 2 aromatic rings. The monoisotopic (exact) mass is 350 g/mol. The van der Waals surface area contributed by atoms with E-state index in [0.717, 1.165) is 35.3 Å². The van der Waals surface area contributed by atoms with Crippen molar-refractivity contribution in [2.24, 2.45) is 5.41 Å². The van der Waals surface area contributed by atoms with Crippen molar-refractivity contribution in [2.75, 3.05) is 16.8 Å². The molecule has 0 unspecified atom stereocenters. The van der Waals surface area contributed by atoms with Crippen molar-refractivity contribution in [3.8, 4) is 0 Å². The lowest BCUT2D eigenvalue weighted by Crippen LogP contribution is -2.38. The number of nitrogens with zero attached hydrogens (tertiary/aromatic N) is 1. The van der Waals surface area contributed by atoms with E-state index in [1.54, 1.807) is 0 Å². The smallest absolute Gasteiger partial charge is 0.232 e. The summed E-state index contributed by atoms with van der Waals surface area (Å²) < 4.78 is 0. The summed E-state index contributed by atoms with van der Waals surface area (Å²) in [6.45, 7) is 6.52. The number of hydrogen-bond donors (Lipinski definition) is 1. The molecule has 1 heterocycles. The minimum Gasteiger partial charge on any atom is -0.326 e. The van der Waals surface area contributed by atoms with Crippen molar-refractivity contribution in [1.29, 1.82) is 0 Å². The van der Waals surface area contributed by atoms with Gasteiger partial charge in [-0.25, -0.2) is 0 Å². The fourth-order valence-corrected chi connectivity index (χ4v) is 3.22. The molecule has 1 aliphatic heterocycles. The minimum atomic E-state index is -0.397. The van der Waals surface area contributed by atoms with Crippen LogP contribution >= 0.6 is 0 Å². The Kier molecular flexibility index (Phi) is 5.12. The molecule has 2 aromatic carbocycles. The summed E-state index contributed by atoms with van der Waals surface area (Å²) in [6, 6.07) is 15.8. The maximum Gasteiger partial charge on any atom is 0.232 e. The van der Waals surface area contributed by atoms with Crippen LogP contribution in [0.5, 0.6) is 0 Å². The quantitative estimate of drug-likeness (QED) is 0.899. The molecule has 0 spiro atoms. The van der Waals surface area contributed by atoms with E-state index >= 15 is 0 Å². The van der Waals surface area contributed by atoms with Crippen molar-refractivity contribution < 1.29 is 9.59 Å². The number of fused-ring (bicyclic) bond motifs is 1. The summed E-state index contributed by atoms with van der Waals surface area (Å²) in [5, 5.41) is 2.97. The van der Waals surface area contributed by atoms with E-state index < -0.39 is 5.41 Å². The summed E-state index contributed by atoms with van der Waals surface area (Å²) in [6.07, 6.45) is 2.01. The van der Waals surface area contributed by atoms with Gasteiger partial charge in [0.05, 0.1) is 0 Å². The molecule has 0 bridgehead atoms. The van der Waals surface area contributed by atoms with Gasteiger partial charge in [-0.3, -0.25) is 9.59 Å². The first-order valence-corrected chi connectivity index (χ1v) is 9.13. The van der Waals surface area contributed by atoms with Crippen molar-refractivity contribution in [2.45, 2.75) is 40.0 Å². The predicted octanol–water partition coefficient (Wildman–Crippen LogP) is 4.19. The number of benzene rings is 2. The molecule has 3 rings (SSSR count). The third-order valence-corrected chi connectivity index (χ3v) is 4.63. The molecular formula is C22H26N2O2. The van der Waals surface area contributed by atoms with Crippen LogP contribution in [0, 0.1) is 5.41 Å². The molecule has 0 atom stereocenters. The Balaban J connectivity index is 1.63. The first-order chi connectivity index (χ1) is 12.3. The van der Waals surface area contributed by atoms with Crippen LogP contribution in [0.2, 0.25) is 0 Å². The van der Waals surface area contributed by atoms with Crippen LogP contribution in [0.25, 0.3) is 0 Å². The van der Waals surface area contributed by atoms with Crippen LogP contribution < -0.4 is 10.2 Å². The third kappa shape index (κ3) is 4.13. The van der Waals surface area contributed by atoms with Gasteiger partial charge in [0.15, 0.2) is 0 Å². The molecule has 0 aliphatic carbocycles. The highest BCUT2D eigenvalue weighted by atomic mass is 16.2. The number of aryl methyl sites for hydroxylation is 1. The Morgan fingerprint density at radius 2 is 1.81 bits per heavy atom. The molecule has 0 aromatic heterocycles. The first-order valence-electron chi connectivity index (χ1n) is 9.13. The van der Waals surface area contributed by atoms with E-state index in [1.807, 2.05) is 74.2 Å². The van der Waals surface area contributed by atoms with Gasteiger partial charge in [-0.2, -0.15) is 0 Å². The molecule has 4 heteroatoms. The second kappa shape index (κ2) is 7.32. The molecule has 0 saturated carbocycles. The van der Waals surface area contributed by atoms with Gasteiger partial charge in [-0.1, -0.05) is 51.1 Å². The largest absolute Gasteiger partial charge is 0.326 e. The van der Waals surface area contributed by atoms with E-state index in [4.69, 9.17) is 0 Å². The molecule has 1 aliphatic rings. The number of anilines is 2. The molecule has 2 amide bonds. The molecule has 0 fully saturated rings. The standard InChI is InChI=1S/C22H26N2O2/c1-22(2,3)21(26)24-14-13-17-15-18(10-11-19(17)24)23-20(25)12-9-16-7-5-4-6-8-16/h4-8,10-11,15H,9,12-14H2,1-3H3,(H,23,25). The Bertz CT molecular complexity index is 807. The van der Waals surface area contributed by atoms with Crippen molar-refractivity contribution in [1.82, 2.24) is 0 Å². The molecule has 0 saturated heterocycles. The molecule has 136 valence electrons. The second-order valence-corrected chi connectivity index (χ2v) is 7.83. The highest BCUT2D eigenvalue weighted by Crippen LogP contribution is 2.33. The third-order valence-electron chi connectivity index (χ3n) is 4.63. The Hall–Kier alpha value is -2.62. The summed E-state index contributed by atoms with van der Waals surface area (Å²) in [4.78, 5) is 26.6. The number of carbonyl (C=O) groups excluding carboxylic acids is 2. The summed E-state index contributed by atoms with van der Waals surface area (Å²) in [5.41, 5.74) is 3.64. The van der Waals surface area contributed by atoms with Crippen LogP contribution in [0.3, 0.4) is 0 Å². The van der Waals surface area contributed by atoms with Crippen LogP contribution in [-0.2, 0) is 22.4 Å². The average molecular weight is 350 g/mol. The molecule has 4 nitrogen and oxygen atoms in total. The normalized spacial score (nSPS) is 13.4. The highest BCUT2D eigenvalue weighted by Gasteiger charge is 2.32. The molecule has 26 heavy (non-hydrogen) atoms. The van der Waals surface area contributed by atoms with Crippen LogP contribution in [0.1, 0.15) is 38.3 Å². The fraction of sp³-hybridized carbons (Fsp3) is 0.364. The van der Waals surface area contributed by atoms with E-state index in [0.29, 0.717) is 13.0 Å². The topological polar surface area (TPSA) is 49.4 Å². The van der Waals surface area contributed by atoms with Gasteiger partial charge in [0, 0.05) is 29.8 Å². The van der Waals surface area contributed by atoms with Crippen LogP contribution in [0.4, 0.5) is 11.4 Å². The van der Waals surface area contributed by atoms with Gasteiger partial charge in [-0.15, -0.1) is 0 Å². The highest BCUT2D eigenvalue weighted by molar-refractivity contribution is 5.99. The summed E-state index contributed by atoms with van der Waals surface area (Å²) in [7, 11) is 0. The van der Waals surface area contributed by atoms with Crippen molar-refractivity contribution >= 4 is 23.2 Å². The lowest BCUT2D eigenvalue weighted by molar-refractivity contribution is -0.125. The van der Waals surface area contributed by atoms with E-state index in [2.05, 4.69) is 5.32 Å². The van der Waals surface area contributed by atoms with Crippen molar-refractivity contribution in [3.05, 3.63) is 59.7 Å². The van der Waals surface area contributed by atoms with Crippen molar-refractivity contribution in [3.63, 3.8) is 0 Å². The fourth-order valence-electron chi connectivity index (χ4n) is 3.22. The number of amides is 2. The number of rotatable bonds is 4. The molecule has 1 N–H and O–H groups in total. The van der Waals surface area contributed by atoms with Gasteiger partial charge in [0.1, 0.15) is 0 Å². The zero-order valence-electron chi connectivity index (χ0n) is 15.7. The number of hydrogen-bond acceptors (Lipinski definition) is 2. The Morgan fingerprint density at radius 3 is 2.50 bits per heavy atom. The van der Waals surface area contributed by atoms with E-state index in [-0.39, 0.29) is 11.8 Å². The molecule has 0 radical (unpaired) electrons. The zero-order chi connectivity index (χ0) is 18.7. The van der Waals surface area contributed by atoms with Gasteiger partial charge < -0.3 is 10.2 Å². The Labute approximate surface area is 155 Å². The van der Waals surface area contributed by atoms with Gasteiger partial charge >= 0.3 is 0 Å². The van der Waals surface area contributed by atoms with Gasteiger partial charge in [-0.05, 0) is 42.2 Å². The average Bonchev–Trinajstić information content (AvgIpc) is 3.02. The maximum absolute atomic E-state index is 12.6. The SMILES string of the molecule is CC(C)(C)C(=O)N1CCc2cc(NC(=O)CCc3ccccc3)ccc21. The van der Waals surface area contributed by atoms with E-state index in [9.17, 15) is 9.59 Å². The van der Waals surface area contributed by atoms with Crippen LogP contribution in [-0.4, -0.2) is 18.4 Å². The lowest BCUT2D eigenvalue weighted by atomic mass is 9.94. The minimum absolute atomic E-state index is 0.00873.